The standard InChI is InChI=1S/C15H31FO/c1-2-3-4-5-6-7-8-9-10-11-12-13-15(17)14-16/h15,17H,2-14H2,1H3. The van der Waals surface area contributed by atoms with Crippen molar-refractivity contribution in [1.82, 2.24) is 0 Å². The Hall–Kier alpha value is -0.110. The maximum absolute atomic E-state index is 11.9. The van der Waals surface area contributed by atoms with Crippen LogP contribution >= 0.6 is 0 Å². The van der Waals surface area contributed by atoms with Gasteiger partial charge < -0.3 is 5.11 Å². The largest absolute Gasteiger partial charge is 0.390 e. The van der Waals surface area contributed by atoms with Crippen molar-refractivity contribution in [3.8, 4) is 0 Å². The van der Waals surface area contributed by atoms with Gasteiger partial charge in [-0.25, -0.2) is 4.39 Å². The molecule has 0 spiro atoms. The highest BCUT2D eigenvalue weighted by atomic mass is 19.1. The summed E-state index contributed by atoms with van der Waals surface area (Å²) in [6, 6.07) is 0. The number of aliphatic hydroxyl groups excluding tert-OH is 1. The molecule has 0 fully saturated rings. The Morgan fingerprint density at radius 2 is 1.18 bits per heavy atom. The molecule has 0 saturated heterocycles. The van der Waals surface area contributed by atoms with Crippen LogP contribution in [-0.2, 0) is 0 Å². The van der Waals surface area contributed by atoms with Crippen LogP contribution in [-0.4, -0.2) is 17.9 Å². The van der Waals surface area contributed by atoms with Crippen LogP contribution in [0.1, 0.15) is 84.0 Å². The van der Waals surface area contributed by atoms with Crippen molar-refractivity contribution in [2.45, 2.75) is 90.1 Å². The predicted octanol–water partition coefficient (Wildman–Crippen LogP) is 5.02. The van der Waals surface area contributed by atoms with Crippen molar-refractivity contribution in [1.29, 1.82) is 0 Å². The van der Waals surface area contributed by atoms with Crippen molar-refractivity contribution in [2.24, 2.45) is 0 Å². The van der Waals surface area contributed by atoms with Crippen molar-refractivity contribution in [2.75, 3.05) is 6.67 Å². The molecule has 0 amide bonds. The summed E-state index contributed by atoms with van der Waals surface area (Å²) in [4.78, 5) is 0. The molecule has 0 heterocycles. The summed E-state index contributed by atoms with van der Waals surface area (Å²) >= 11 is 0. The van der Waals surface area contributed by atoms with E-state index in [9.17, 15) is 4.39 Å². The van der Waals surface area contributed by atoms with E-state index in [-0.39, 0.29) is 0 Å². The van der Waals surface area contributed by atoms with Crippen molar-refractivity contribution in [3.63, 3.8) is 0 Å². The van der Waals surface area contributed by atoms with Crippen LogP contribution in [0.15, 0.2) is 0 Å². The van der Waals surface area contributed by atoms with Gasteiger partial charge in [0.2, 0.25) is 0 Å². The lowest BCUT2D eigenvalue weighted by atomic mass is 10.0. The Morgan fingerprint density at radius 3 is 1.59 bits per heavy atom. The quantitative estimate of drug-likeness (QED) is 0.452. The van der Waals surface area contributed by atoms with Gasteiger partial charge in [-0.1, -0.05) is 77.6 Å². The summed E-state index contributed by atoms with van der Waals surface area (Å²) in [6.45, 7) is 1.66. The van der Waals surface area contributed by atoms with E-state index in [1.807, 2.05) is 0 Å². The zero-order valence-corrected chi connectivity index (χ0v) is 11.6. The van der Waals surface area contributed by atoms with E-state index in [0.717, 1.165) is 12.8 Å². The first-order valence-corrected chi connectivity index (χ1v) is 7.55. The molecule has 0 aliphatic carbocycles. The van der Waals surface area contributed by atoms with Crippen LogP contribution in [0.3, 0.4) is 0 Å². The fraction of sp³-hybridized carbons (Fsp3) is 1.00. The Balaban J connectivity index is 2.94. The number of alkyl halides is 1. The maximum atomic E-state index is 11.9. The Bertz CT molecular complexity index is 139. The summed E-state index contributed by atoms with van der Waals surface area (Å²) in [5.74, 6) is 0. The first-order chi connectivity index (χ1) is 8.31. The van der Waals surface area contributed by atoms with E-state index in [1.165, 1.54) is 57.8 Å². The highest BCUT2D eigenvalue weighted by molar-refractivity contribution is 4.54. The summed E-state index contributed by atoms with van der Waals surface area (Å²) in [6.07, 6.45) is 14.2. The lowest BCUT2D eigenvalue weighted by Gasteiger charge is -2.05. The number of aliphatic hydroxyl groups is 1. The van der Waals surface area contributed by atoms with Crippen LogP contribution in [0.5, 0.6) is 0 Å². The molecule has 0 aromatic rings. The predicted molar refractivity (Wildman–Crippen MR) is 73.1 cm³/mol. The van der Waals surface area contributed by atoms with Crippen molar-refractivity contribution < 1.29 is 9.50 Å². The molecule has 1 N–H and O–H groups in total. The topological polar surface area (TPSA) is 20.2 Å². The summed E-state index contributed by atoms with van der Waals surface area (Å²) in [5.41, 5.74) is 0. The van der Waals surface area contributed by atoms with Gasteiger partial charge in [-0.2, -0.15) is 0 Å². The molecule has 0 aliphatic heterocycles. The molecule has 0 aliphatic rings. The number of halogens is 1. The highest BCUT2D eigenvalue weighted by Gasteiger charge is 2.01. The molecule has 2 heteroatoms. The molecule has 17 heavy (non-hydrogen) atoms. The van der Waals surface area contributed by atoms with Gasteiger partial charge >= 0.3 is 0 Å². The van der Waals surface area contributed by atoms with Gasteiger partial charge in [-0.15, -0.1) is 0 Å². The van der Waals surface area contributed by atoms with Gasteiger partial charge in [0.1, 0.15) is 6.67 Å². The molecule has 0 rings (SSSR count). The summed E-state index contributed by atoms with van der Waals surface area (Å²) in [7, 11) is 0. The first-order valence-electron chi connectivity index (χ1n) is 7.55. The second kappa shape index (κ2) is 14.0. The Morgan fingerprint density at radius 1 is 0.765 bits per heavy atom. The van der Waals surface area contributed by atoms with E-state index < -0.39 is 12.8 Å². The summed E-state index contributed by atoms with van der Waals surface area (Å²) < 4.78 is 11.9. The lowest BCUT2D eigenvalue weighted by molar-refractivity contribution is 0.128. The van der Waals surface area contributed by atoms with E-state index in [4.69, 9.17) is 5.11 Å². The molecule has 0 radical (unpaired) electrons. The van der Waals surface area contributed by atoms with E-state index >= 15 is 0 Å². The molecular weight excluding hydrogens is 215 g/mol. The van der Waals surface area contributed by atoms with E-state index in [0.29, 0.717) is 6.42 Å². The second-order valence-corrected chi connectivity index (χ2v) is 5.13. The van der Waals surface area contributed by atoms with Crippen LogP contribution in [0.2, 0.25) is 0 Å². The molecule has 1 atom stereocenters. The van der Waals surface area contributed by atoms with Gasteiger partial charge in [0.05, 0.1) is 6.10 Å². The smallest absolute Gasteiger partial charge is 0.115 e. The van der Waals surface area contributed by atoms with Gasteiger partial charge in [-0.3, -0.25) is 0 Å². The monoisotopic (exact) mass is 246 g/mol. The number of hydrogen-bond acceptors (Lipinski definition) is 1. The zero-order valence-electron chi connectivity index (χ0n) is 11.6. The molecule has 0 bridgehead atoms. The fourth-order valence-corrected chi connectivity index (χ4v) is 2.12. The second-order valence-electron chi connectivity index (χ2n) is 5.13. The molecule has 1 unspecified atom stereocenters. The maximum Gasteiger partial charge on any atom is 0.115 e. The van der Waals surface area contributed by atoms with Crippen LogP contribution < -0.4 is 0 Å². The third-order valence-electron chi connectivity index (χ3n) is 3.32. The normalized spacial score (nSPS) is 12.9. The van der Waals surface area contributed by atoms with Crippen molar-refractivity contribution in [3.05, 3.63) is 0 Å². The van der Waals surface area contributed by atoms with Crippen molar-refractivity contribution >= 4 is 0 Å². The lowest BCUT2D eigenvalue weighted by Crippen LogP contribution is -2.07. The first kappa shape index (κ1) is 16.9. The minimum atomic E-state index is -0.714. The highest BCUT2D eigenvalue weighted by Crippen LogP contribution is 2.12. The number of unbranched alkanes of at least 4 members (excludes halogenated alkanes) is 10. The fourth-order valence-electron chi connectivity index (χ4n) is 2.12. The van der Waals surface area contributed by atoms with Gasteiger partial charge in [0, 0.05) is 0 Å². The minimum Gasteiger partial charge on any atom is -0.390 e. The molecule has 0 aromatic carbocycles. The molecule has 1 nitrogen and oxygen atoms in total. The molecule has 0 aromatic heterocycles. The molecule has 104 valence electrons. The summed E-state index contributed by atoms with van der Waals surface area (Å²) in [5, 5.41) is 9.03. The number of rotatable bonds is 13. The van der Waals surface area contributed by atoms with E-state index in [2.05, 4.69) is 6.92 Å². The average Bonchev–Trinajstić information content (AvgIpc) is 2.35. The SMILES string of the molecule is CCCCCCCCCCCCCC(O)CF. The average molecular weight is 246 g/mol. The van der Waals surface area contributed by atoms with Crippen LogP contribution in [0.4, 0.5) is 4.39 Å². The Labute approximate surface area is 107 Å². The minimum absolute atomic E-state index is 0.586. The van der Waals surface area contributed by atoms with Gasteiger partial charge in [0.25, 0.3) is 0 Å². The zero-order chi connectivity index (χ0) is 12.8. The van der Waals surface area contributed by atoms with Crippen LogP contribution in [0, 0.1) is 0 Å². The Kier molecular flexibility index (Phi) is 13.9. The third kappa shape index (κ3) is 13.8. The molecule has 0 saturated carbocycles. The van der Waals surface area contributed by atoms with Gasteiger partial charge in [0.15, 0.2) is 0 Å². The van der Waals surface area contributed by atoms with Gasteiger partial charge in [-0.05, 0) is 6.42 Å². The third-order valence-corrected chi connectivity index (χ3v) is 3.32. The number of hydrogen-bond donors (Lipinski definition) is 1. The van der Waals surface area contributed by atoms with E-state index in [1.54, 1.807) is 0 Å². The van der Waals surface area contributed by atoms with Crippen LogP contribution in [0.25, 0.3) is 0 Å². The molecular formula is C15H31FO.